The Morgan fingerprint density at radius 2 is 1.79 bits per heavy atom. The Labute approximate surface area is 198 Å². The van der Waals surface area contributed by atoms with Gasteiger partial charge in [-0.05, 0) is 38.7 Å². The van der Waals surface area contributed by atoms with E-state index in [9.17, 15) is 14.4 Å². The largest absolute Gasteiger partial charge is 0.458 e. The first kappa shape index (κ1) is 24.9. The highest BCUT2D eigenvalue weighted by Crippen LogP contribution is 2.21. The third kappa shape index (κ3) is 5.27. The number of benzene rings is 1. The van der Waals surface area contributed by atoms with Gasteiger partial charge in [0.1, 0.15) is 23.5 Å². The maximum absolute atomic E-state index is 13.6. The van der Waals surface area contributed by atoms with Gasteiger partial charge in [-0.1, -0.05) is 44.2 Å². The summed E-state index contributed by atoms with van der Waals surface area (Å²) in [7, 11) is 1.48. The molecule has 2 N–H and O–H groups in total. The molecule has 0 aliphatic carbocycles. The summed E-state index contributed by atoms with van der Waals surface area (Å²) in [6.45, 7) is 9.37. The fourth-order valence-electron chi connectivity index (χ4n) is 3.71. The van der Waals surface area contributed by atoms with Crippen LogP contribution in [0.4, 0.5) is 10.6 Å². The van der Waals surface area contributed by atoms with Gasteiger partial charge < -0.3 is 15.4 Å². The predicted molar refractivity (Wildman–Crippen MR) is 129 cm³/mol. The third-order valence-electron chi connectivity index (χ3n) is 5.25. The second-order valence-electron chi connectivity index (χ2n) is 9.69. The number of rotatable bonds is 6. The van der Waals surface area contributed by atoms with Gasteiger partial charge in [-0.15, -0.1) is 0 Å². The maximum atomic E-state index is 13.6. The molecule has 34 heavy (non-hydrogen) atoms. The number of esters is 1. The molecule has 0 unspecified atom stereocenters. The summed E-state index contributed by atoms with van der Waals surface area (Å²) >= 11 is 0. The van der Waals surface area contributed by atoms with Gasteiger partial charge in [-0.2, -0.15) is 0 Å². The van der Waals surface area contributed by atoms with Crippen molar-refractivity contribution in [1.82, 2.24) is 24.0 Å². The van der Waals surface area contributed by atoms with E-state index in [4.69, 9.17) is 10.5 Å². The van der Waals surface area contributed by atoms with Gasteiger partial charge >= 0.3 is 17.7 Å². The van der Waals surface area contributed by atoms with Crippen molar-refractivity contribution >= 4 is 29.0 Å². The second-order valence-corrected chi connectivity index (χ2v) is 9.69. The number of imidazole rings is 1. The van der Waals surface area contributed by atoms with Crippen LogP contribution in [0.15, 0.2) is 41.5 Å². The summed E-state index contributed by atoms with van der Waals surface area (Å²) in [5.74, 6) is -0.451. The van der Waals surface area contributed by atoms with Crippen LogP contribution in [0.3, 0.4) is 0 Å². The molecule has 3 rings (SSSR count). The minimum atomic E-state index is -0.892. The van der Waals surface area contributed by atoms with E-state index in [0.717, 1.165) is 10.1 Å². The van der Waals surface area contributed by atoms with Gasteiger partial charge in [0.15, 0.2) is 11.5 Å². The zero-order chi connectivity index (χ0) is 25.2. The van der Waals surface area contributed by atoms with Crippen molar-refractivity contribution in [3.63, 3.8) is 0 Å². The Bertz CT molecular complexity index is 1240. The molecule has 0 saturated carbocycles. The lowest BCUT2D eigenvalue weighted by molar-refractivity contribution is -0.160. The SMILES string of the molecule is CC(C)C[C@@H](C(=O)OC(C)(C)C)N(C)C(=O)n1c(=O)n(Cc2ccccc2)c2ncnc(N)c21. The van der Waals surface area contributed by atoms with Crippen molar-refractivity contribution in [2.45, 2.75) is 59.2 Å². The van der Waals surface area contributed by atoms with Crippen LogP contribution >= 0.6 is 0 Å². The van der Waals surface area contributed by atoms with Gasteiger partial charge in [0.2, 0.25) is 0 Å². The van der Waals surface area contributed by atoms with Crippen LogP contribution in [0, 0.1) is 5.92 Å². The van der Waals surface area contributed by atoms with E-state index in [1.54, 1.807) is 20.8 Å². The maximum Gasteiger partial charge on any atom is 0.339 e. The van der Waals surface area contributed by atoms with E-state index in [0.29, 0.717) is 6.42 Å². The minimum absolute atomic E-state index is 0.00617. The Morgan fingerprint density at radius 1 is 1.15 bits per heavy atom. The zero-order valence-electron chi connectivity index (χ0n) is 20.5. The molecule has 3 aromatic rings. The Hall–Kier alpha value is -3.69. The molecule has 182 valence electrons. The summed E-state index contributed by atoms with van der Waals surface area (Å²) in [5.41, 5.74) is 5.94. The molecule has 10 nitrogen and oxygen atoms in total. The fraction of sp³-hybridized carbons (Fsp3) is 0.458. The summed E-state index contributed by atoms with van der Waals surface area (Å²) in [5, 5.41) is 0. The lowest BCUT2D eigenvalue weighted by atomic mass is 10.0. The molecule has 1 aromatic carbocycles. The van der Waals surface area contributed by atoms with Crippen LogP contribution in [-0.2, 0) is 16.1 Å². The number of carbonyl (C=O) groups excluding carboxylic acids is 2. The summed E-state index contributed by atoms with van der Waals surface area (Å²) in [6, 6.07) is 7.74. The molecule has 10 heteroatoms. The Morgan fingerprint density at radius 3 is 2.38 bits per heavy atom. The van der Waals surface area contributed by atoms with Crippen molar-refractivity contribution in [2.75, 3.05) is 12.8 Å². The molecule has 0 aliphatic rings. The number of anilines is 1. The van der Waals surface area contributed by atoms with E-state index < -0.39 is 29.3 Å². The highest BCUT2D eigenvalue weighted by Gasteiger charge is 2.34. The quantitative estimate of drug-likeness (QED) is 0.551. The van der Waals surface area contributed by atoms with Gasteiger partial charge in [0, 0.05) is 7.05 Å². The average Bonchev–Trinajstić information content (AvgIpc) is 3.03. The first-order valence-electron chi connectivity index (χ1n) is 11.2. The minimum Gasteiger partial charge on any atom is -0.458 e. The van der Waals surface area contributed by atoms with E-state index in [1.165, 1.54) is 22.8 Å². The number of amides is 1. The molecule has 0 bridgehead atoms. The van der Waals surface area contributed by atoms with E-state index in [-0.39, 0.29) is 29.4 Å². The molecule has 0 saturated heterocycles. The number of likely N-dealkylation sites (N-methyl/N-ethyl adjacent to an activating group) is 1. The normalized spacial score (nSPS) is 12.7. The summed E-state index contributed by atoms with van der Waals surface area (Å²) < 4.78 is 7.87. The molecule has 2 aromatic heterocycles. The lowest BCUT2D eigenvalue weighted by Gasteiger charge is -2.30. The van der Waals surface area contributed by atoms with Gasteiger partial charge in [-0.3, -0.25) is 4.57 Å². The highest BCUT2D eigenvalue weighted by molar-refractivity contribution is 5.94. The number of hydrogen-bond acceptors (Lipinski definition) is 7. The molecule has 0 radical (unpaired) electrons. The van der Waals surface area contributed by atoms with Crippen molar-refractivity contribution in [2.24, 2.45) is 5.92 Å². The molecule has 2 heterocycles. The average molecular weight is 469 g/mol. The van der Waals surface area contributed by atoms with Crippen LogP contribution in [0.1, 0.15) is 46.6 Å². The molecule has 0 spiro atoms. The first-order chi connectivity index (χ1) is 15.9. The van der Waals surface area contributed by atoms with Gasteiger partial charge in [0.25, 0.3) is 0 Å². The van der Waals surface area contributed by atoms with E-state index >= 15 is 0 Å². The van der Waals surface area contributed by atoms with Crippen LogP contribution in [0.25, 0.3) is 11.2 Å². The Kier molecular flexibility index (Phi) is 7.09. The third-order valence-corrected chi connectivity index (χ3v) is 5.25. The standard InChI is InChI=1S/C24H32N6O4/c1-15(2)12-17(21(31)34-24(3,4)5)28(6)22(32)30-18-19(25)26-14-27-20(18)29(23(30)33)13-16-10-8-7-9-11-16/h7-11,14-15,17H,12-13H2,1-6H3,(H2,25,26,27)/t17-/m0/s1. The molecule has 0 aliphatic heterocycles. The number of carbonyl (C=O) groups is 2. The number of nitrogens with zero attached hydrogens (tertiary/aromatic N) is 5. The lowest BCUT2D eigenvalue weighted by Crippen LogP contribution is -2.49. The van der Waals surface area contributed by atoms with Crippen LogP contribution in [0.2, 0.25) is 0 Å². The Balaban J connectivity index is 2.09. The van der Waals surface area contributed by atoms with Crippen LogP contribution < -0.4 is 11.4 Å². The molecule has 1 atom stereocenters. The van der Waals surface area contributed by atoms with Crippen molar-refractivity contribution < 1.29 is 14.3 Å². The predicted octanol–water partition coefficient (Wildman–Crippen LogP) is 2.88. The van der Waals surface area contributed by atoms with Crippen molar-refractivity contribution in [3.8, 4) is 0 Å². The second kappa shape index (κ2) is 9.66. The number of ether oxygens (including phenoxy) is 1. The van der Waals surface area contributed by atoms with Gasteiger partial charge in [0.05, 0.1) is 6.54 Å². The molecular formula is C24H32N6O4. The van der Waals surface area contributed by atoms with Crippen LogP contribution in [-0.4, -0.2) is 54.7 Å². The highest BCUT2D eigenvalue weighted by atomic mass is 16.6. The number of hydrogen-bond donors (Lipinski definition) is 1. The number of nitrogens with two attached hydrogens (primary N) is 1. The summed E-state index contributed by atoms with van der Waals surface area (Å²) in [4.78, 5) is 49.5. The molecule has 1 amide bonds. The van der Waals surface area contributed by atoms with Crippen molar-refractivity contribution in [1.29, 1.82) is 0 Å². The smallest absolute Gasteiger partial charge is 0.339 e. The van der Waals surface area contributed by atoms with E-state index in [1.807, 2.05) is 44.2 Å². The van der Waals surface area contributed by atoms with E-state index in [2.05, 4.69) is 9.97 Å². The molecular weight excluding hydrogens is 436 g/mol. The number of fused-ring (bicyclic) bond motifs is 1. The topological polar surface area (TPSA) is 125 Å². The van der Waals surface area contributed by atoms with Crippen LogP contribution in [0.5, 0.6) is 0 Å². The summed E-state index contributed by atoms with van der Waals surface area (Å²) in [6.07, 6.45) is 1.61. The first-order valence-corrected chi connectivity index (χ1v) is 11.2. The molecule has 0 fully saturated rings. The zero-order valence-corrected chi connectivity index (χ0v) is 20.5. The fourth-order valence-corrected chi connectivity index (χ4v) is 3.71. The number of aromatic nitrogens is 4. The monoisotopic (exact) mass is 468 g/mol. The van der Waals surface area contributed by atoms with Crippen molar-refractivity contribution in [3.05, 3.63) is 52.7 Å². The van der Waals surface area contributed by atoms with Gasteiger partial charge in [-0.25, -0.2) is 28.9 Å². The number of nitrogen functional groups attached to an aromatic ring is 1.